The number of anilines is 2. The van der Waals surface area contributed by atoms with Crippen LogP contribution in [0.25, 0.3) is 10.2 Å². The molecule has 0 unspecified atom stereocenters. The highest BCUT2D eigenvalue weighted by Gasteiger charge is 2.24. The molecule has 4 heterocycles. The summed E-state index contributed by atoms with van der Waals surface area (Å²) in [7, 11) is 3.53. The Bertz CT molecular complexity index is 1250. The molecule has 7 nitrogen and oxygen atoms in total. The number of hydrogen-bond donors (Lipinski definition) is 1. The fourth-order valence-corrected chi connectivity index (χ4v) is 6.67. The van der Waals surface area contributed by atoms with E-state index in [-0.39, 0.29) is 5.91 Å². The number of carbonyl (C=O) groups excluding carboxylic acids is 1. The molecule has 37 heavy (non-hydrogen) atoms. The molecule has 1 N–H and O–H groups in total. The van der Waals surface area contributed by atoms with Crippen molar-refractivity contribution in [2.45, 2.75) is 38.6 Å². The number of fused-ring (bicyclic) bond motifs is 1. The van der Waals surface area contributed by atoms with Gasteiger partial charge in [-0.3, -0.25) is 4.79 Å². The third kappa shape index (κ3) is 6.30. The average Bonchev–Trinajstić information content (AvgIpc) is 3.56. The highest BCUT2D eigenvalue weighted by molar-refractivity contribution is 7.20. The number of piperidine rings is 1. The van der Waals surface area contributed by atoms with Crippen molar-refractivity contribution in [1.29, 1.82) is 0 Å². The molecule has 2 saturated heterocycles. The standard InChI is InChI=1S/C27H34Cl2N6OS/c1-33(2)26(36)23-16-21-24(30-17-19-5-6-20(28)15-22(19)29)31-27(32-25(21)37-23)35-13-8-18(9-14-35)7-12-34-10-3-4-11-34/h5-6,15-16,18H,3-4,7-14,17H2,1-2H3,(H,30,31,32). The van der Waals surface area contributed by atoms with Crippen LogP contribution >= 0.6 is 34.5 Å². The Kier molecular flexibility index (Phi) is 8.39. The molecule has 0 bridgehead atoms. The number of rotatable bonds is 8. The van der Waals surface area contributed by atoms with Crippen molar-refractivity contribution in [3.8, 4) is 0 Å². The molecule has 1 aromatic carbocycles. The van der Waals surface area contributed by atoms with Crippen LogP contribution in [0.2, 0.25) is 10.0 Å². The topological polar surface area (TPSA) is 64.6 Å². The molecule has 2 aliphatic heterocycles. The first kappa shape index (κ1) is 26.5. The zero-order valence-electron chi connectivity index (χ0n) is 21.5. The van der Waals surface area contributed by atoms with E-state index in [1.165, 1.54) is 50.2 Å². The van der Waals surface area contributed by atoms with Gasteiger partial charge in [-0.05, 0) is 81.4 Å². The van der Waals surface area contributed by atoms with E-state index in [2.05, 4.69) is 15.1 Å². The first-order valence-electron chi connectivity index (χ1n) is 13.1. The lowest BCUT2D eigenvalue weighted by Gasteiger charge is -2.33. The summed E-state index contributed by atoms with van der Waals surface area (Å²) < 4.78 is 0. The third-order valence-electron chi connectivity index (χ3n) is 7.41. The molecule has 198 valence electrons. The van der Waals surface area contributed by atoms with Crippen LogP contribution in [0.1, 0.15) is 47.3 Å². The molecular weight excluding hydrogens is 527 g/mol. The number of thiophene rings is 1. The fraction of sp³-hybridized carbons (Fsp3) is 0.519. The van der Waals surface area contributed by atoms with E-state index in [0.29, 0.717) is 21.5 Å². The van der Waals surface area contributed by atoms with Crippen LogP contribution in [0.15, 0.2) is 24.3 Å². The molecule has 5 rings (SSSR count). The minimum absolute atomic E-state index is 0.0323. The maximum Gasteiger partial charge on any atom is 0.263 e. The van der Waals surface area contributed by atoms with Crippen molar-refractivity contribution in [2.24, 2.45) is 5.92 Å². The SMILES string of the molecule is CN(C)C(=O)c1cc2c(NCc3ccc(Cl)cc3Cl)nc(N3CCC(CCN4CCCC4)CC3)nc2s1. The van der Waals surface area contributed by atoms with Gasteiger partial charge in [-0.2, -0.15) is 4.98 Å². The number of benzene rings is 1. The molecule has 2 fully saturated rings. The average molecular weight is 562 g/mol. The van der Waals surface area contributed by atoms with Gasteiger partial charge in [0.05, 0.1) is 10.3 Å². The van der Waals surface area contributed by atoms with Crippen molar-refractivity contribution in [2.75, 3.05) is 57.0 Å². The largest absolute Gasteiger partial charge is 0.365 e. The summed E-state index contributed by atoms with van der Waals surface area (Å²) in [5.74, 6) is 2.17. The molecule has 0 saturated carbocycles. The smallest absolute Gasteiger partial charge is 0.263 e. The highest BCUT2D eigenvalue weighted by atomic mass is 35.5. The zero-order valence-corrected chi connectivity index (χ0v) is 23.8. The van der Waals surface area contributed by atoms with Gasteiger partial charge in [0.15, 0.2) is 0 Å². The lowest BCUT2D eigenvalue weighted by molar-refractivity contribution is 0.0832. The Morgan fingerprint density at radius 2 is 1.86 bits per heavy atom. The molecule has 2 aliphatic rings. The summed E-state index contributed by atoms with van der Waals surface area (Å²) in [6.45, 7) is 6.16. The van der Waals surface area contributed by atoms with Crippen molar-refractivity contribution < 1.29 is 4.79 Å². The number of carbonyl (C=O) groups is 1. The predicted octanol–water partition coefficient (Wildman–Crippen LogP) is 6.01. The van der Waals surface area contributed by atoms with Crippen molar-refractivity contribution >= 4 is 62.4 Å². The molecule has 1 amide bonds. The van der Waals surface area contributed by atoms with Crippen LogP contribution in [0.4, 0.5) is 11.8 Å². The summed E-state index contributed by atoms with van der Waals surface area (Å²) in [6, 6.07) is 7.38. The van der Waals surface area contributed by atoms with Gasteiger partial charge in [-0.1, -0.05) is 29.3 Å². The Morgan fingerprint density at radius 1 is 1.11 bits per heavy atom. The Morgan fingerprint density at radius 3 is 2.57 bits per heavy atom. The number of hydrogen-bond acceptors (Lipinski definition) is 7. The quantitative estimate of drug-likeness (QED) is 0.363. The summed E-state index contributed by atoms with van der Waals surface area (Å²) in [4.78, 5) is 30.5. The lowest BCUT2D eigenvalue weighted by Crippen LogP contribution is -2.36. The Hall–Kier alpha value is -2.13. The first-order chi connectivity index (χ1) is 17.9. The summed E-state index contributed by atoms with van der Waals surface area (Å²) >= 11 is 13.9. The van der Waals surface area contributed by atoms with Crippen LogP contribution in [0.3, 0.4) is 0 Å². The van der Waals surface area contributed by atoms with E-state index < -0.39 is 0 Å². The van der Waals surface area contributed by atoms with Gasteiger partial charge < -0.3 is 20.0 Å². The second-order valence-corrected chi connectivity index (χ2v) is 12.1. The van der Waals surface area contributed by atoms with Gasteiger partial charge in [0.25, 0.3) is 5.91 Å². The molecule has 3 aromatic rings. The van der Waals surface area contributed by atoms with Crippen LogP contribution in [0, 0.1) is 5.92 Å². The second-order valence-electron chi connectivity index (χ2n) is 10.3. The van der Waals surface area contributed by atoms with Gasteiger partial charge in [0.2, 0.25) is 5.95 Å². The molecule has 0 aliphatic carbocycles. The van der Waals surface area contributed by atoms with Gasteiger partial charge >= 0.3 is 0 Å². The van der Waals surface area contributed by atoms with Gasteiger partial charge in [0.1, 0.15) is 10.6 Å². The summed E-state index contributed by atoms with van der Waals surface area (Å²) in [5.41, 5.74) is 0.929. The molecule has 0 spiro atoms. The van der Waals surface area contributed by atoms with E-state index in [4.69, 9.17) is 33.2 Å². The summed E-state index contributed by atoms with van der Waals surface area (Å²) in [6.07, 6.45) is 6.30. The Labute approximate surface area is 232 Å². The van der Waals surface area contributed by atoms with Crippen LogP contribution in [-0.4, -0.2) is 72.5 Å². The van der Waals surface area contributed by atoms with Gasteiger partial charge in [0, 0.05) is 43.8 Å². The normalized spacial score (nSPS) is 17.0. The van der Waals surface area contributed by atoms with Crippen molar-refractivity contribution in [3.63, 3.8) is 0 Å². The molecular formula is C27H34Cl2N6OS. The minimum Gasteiger partial charge on any atom is -0.365 e. The highest BCUT2D eigenvalue weighted by Crippen LogP contribution is 2.33. The van der Waals surface area contributed by atoms with E-state index in [1.807, 2.05) is 18.2 Å². The van der Waals surface area contributed by atoms with E-state index in [0.717, 1.165) is 59.4 Å². The molecule has 0 atom stereocenters. The number of halogens is 2. The number of likely N-dealkylation sites (tertiary alicyclic amines) is 1. The monoisotopic (exact) mass is 560 g/mol. The van der Waals surface area contributed by atoms with E-state index in [1.54, 1.807) is 25.1 Å². The first-order valence-corrected chi connectivity index (χ1v) is 14.6. The predicted molar refractivity (Wildman–Crippen MR) is 154 cm³/mol. The van der Waals surface area contributed by atoms with E-state index >= 15 is 0 Å². The maximum atomic E-state index is 12.7. The fourth-order valence-electron chi connectivity index (χ4n) is 5.15. The minimum atomic E-state index is -0.0323. The number of nitrogens with one attached hydrogen (secondary N) is 1. The zero-order chi connectivity index (χ0) is 25.9. The molecule has 10 heteroatoms. The third-order valence-corrected chi connectivity index (χ3v) is 9.01. The van der Waals surface area contributed by atoms with Crippen LogP contribution < -0.4 is 10.2 Å². The Balaban J connectivity index is 1.34. The van der Waals surface area contributed by atoms with E-state index in [9.17, 15) is 4.79 Å². The van der Waals surface area contributed by atoms with Crippen LogP contribution in [0.5, 0.6) is 0 Å². The number of amides is 1. The second kappa shape index (κ2) is 11.7. The number of nitrogens with zero attached hydrogens (tertiary/aromatic N) is 5. The molecule has 0 radical (unpaired) electrons. The van der Waals surface area contributed by atoms with Gasteiger partial charge in [-0.15, -0.1) is 11.3 Å². The number of aromatic nitrogens is 2. The van der Waals surface area contributed by atoms with Crippen molar-refractivity contribution in [1.82, 2.24) is 19.8 Å². The van der Waals surface area contributed by atoms with Crippen LogP contribution in [-0.2, 0) is 6.54 Å². The lowest BCUT2D eigenvalue weighted by atomic mass is 9.93. The van der Waals surface area contributed by atoms with Crippen molar-refractivity contribution in [3.05, 3.63) is 44.8 Å². The summed E-state index contributed by atoms with van der Waals surface area (Å²) in [5, 5.41) is 5.52. The molecule has 2 aromatic heterocycles. The van der Waals surface area contributed by atoms with Gasteiger partial charge in [-0.25, -0.2) is 4.98 Å². The maximum absolute atomic E-state index is 12.7.